The summed E-state index contributed by atoms with van der Waals surface area (Å²) in [5.41, 5.74) is 1.32. The summed E-state index contributed by atoms with van der Waals surface area (Å²) in [6.45, 7) is 5.64. The Labute approximate surface area is 148 Å². The zero-order valence-corrected chi connectivity index (χ0v) is 15.3. The van der Waals surface area contributed by atoms with Crippen molar-refractivity contribution in [3.8, 4) is 5.75 Å². The van der Waals surface area contributed by atoms with Crippen LogP contribution in [0.2, 0.25) is 0 Å². The third-order valence-corrected chi connectivity index (χ3v) is 4.76. The lowest BCUT2D eigenvalue weighted by Gasteiger charge is -2.45. The van der Waals surface area contributed by atoms with Crippen LogP contribution in [-0.2, 0) is 4.74 Å². The van der Waals surface area contributed by atoms with Crippen molar-refractivity contribution in [3.63, 3.8) is 0 Å². The van der Waals surface area contributed by atoms with E-state index in [1.807, 2.05) is 31.7 Å². The number of halogens is 1. The fraction of sp³-hybridized carbons (Fsp3) is 0.550. The van der Waals surface area contributed by atoms with Gasteiger partial charge < -0.3 is 9.47 Å². The highest BCUT2D eigenvalue weighted by molar-refractivity contribution is 5.76. The number of carbonyl (C=O) groups is 1. The van der Waals surface area contributed by atoms with Gasteiger partial charge in [0.15, 0.2) is 11.6 Å². The van der Waals surface area contributed by atoms with E-state index in [2.05, 4.69) is 6.08 Å². The van der Waals surface area contributed by atoms with Crippen molar-refractivity contribution in [1.29, 1.82) is 0 Å². The van der Waals surface area contributed by atoms with E-state index in [0.717, 1.165) is 30.4 Å². The van der Waals surface area contributed by atoms with Gasteiger partial charge in [0.05, 0.1) is 13.2 Å². The Morgan fingerprint density at radius 3 is 2.68 bits per heavy atom. The minimum absolute atomic E-state index is 0.00896. The van der Waals surface area contributed by atoms with E-state index in [0.29, 0.717) is 6.42 Å². The molecular weight excluding hydrogens is 321 g/mol. The van der Waals surface area contributed by atoms with Gasteiger partial charge in [0.1, 0.15) is 5.60 Å². The standard InChI is InChI=1S/C20H26FNO3/c1-20(2,3)25-19(23)22-14-7-5-8-15(22)12-13(11-14)16-9-6-10-17(21)18(16)24-4/h6,9-11,14-15H,5,7-8,12H2,1-4H3. The molecule has 1 aromatic rings. The number of ether oxygens (including phenoxy) is 2. The Hall–Kier alpha value is -2.04. The minimum Gasteiger partial charge on any atom is -0.493 e. The van der Waals surface area contributed by atoms with Crippen molar-refractivity contribution >= 4 is 11.7 Å². The molecule has 5 heteroatoms. The summed E-state index contributed by atoms with van der Waals surface area (Å²) >= 11 is 0. The van der Waals surface area contributed by atoms with E-state index in [1.54, 1.807) is 6.07 Å². The second kappa shape index (κ2) is 6.70. The third kappa shape index (κ3) is 3.65. The van der Waals surface area contributed by atoms with Gasteiger partial charge in [-0.15, -0.1) is 0 Å². The summed E-state index contributed by atoms with van der Waals surface area (Å²) in [4.78, 5) is 14.5. The summed E-state index contributed by atoms with van der Waals surface area (Å²) in [5.74, 6) is -0.0850. The second-order valence-electron chi connectivity index (χ2n) is 7.76. The Balaban J connectivity index is 1.92. The first kappa shape index (κ1) is 17.8. The van der Waals surface area contributed by atoms with E-state index >= 15 is 0 Å². The first-order valence-corrected chi connectivity index (χ1v) is 8.85. The second-order valence-corrected chi connectivity index (χ2v) is 7.76. The first-order chi connectivity index (χ1) is 11.8. The summed E-state index contributed by atoms with van der Waals surface area (Å²) in [6, 6.07) is 5.06. The number of para-hydroxylation sites is 1. The molecule has 1 amide bonds. The van der Waals surface area contributed by atoms with Crippen LogP contribution in [0.3, 0.4) is 0 Å². The number of benzene rings is 1. The van der Waals surface area contributed by atoms with Crippen LogP contribution in [0.25, 0.3) is 5.57 Å². The van der Waals surface area contributed by atoms with Gasteiger partial charge >= 0.3 is 6.09 Å². The van der Waals surface area contributed by atoms with E-state index < -0.39 is 5.60 Å². The number of amides is 1. The first-order valence-electron chi connectivity index (χ1n) is 8.85. The molecule has 2 aliphatic heterocycles. The molecule has 0 radical (unpaired) electrons. The zero-order chi connectivity index (χ0) is 18.2. The number of fused-ring (bicyclic) bond motifs is 2. The molecule has 1 saturated heterocycles. The van der Waals surface area contributed by atoms with Crippen LogP contribution in [-0.4, -0.2) is 35.8 Å². The number of hydrogen-bond donors (Lipinski definition) is 0. The minimum atomic E-state index is -0.513. The average Bonchev–Trinajstić information content (AvgIpc) is 2.51. The van der Waals surface area contributed by atoms with E-state index in [4.69, 9.17) is 9.47 Å². The molecule has 0 aliphatic carbocycles. The van der Waals surface area contributed by atoms with Crippen LogP contribution in [0.15, 0.2) is 24.3 Å². The van der Waals surface area contributed by atoms with Gasteiger partial charge in [0.25, 0.3) is 0 Å². The summed E-state index contributed by atoms with van der Waals surface area (Å²) < 4.78 is 24.9. The lowest BCUT2D eigenvalue weighted by Crippen LogP contribution is -2.53. The maximum absolute atomic E-state index is 14.0. The maximum Gasteiger partial charge on any atom is 0.411 e. The number of hydrogen-bond acceptors (Lipinski definition) is 3. The Morgan fingerprint density at radius 1 is 1.28 bits per heavy atom. The highest BCUT2D eigenvalue weighted by Crippen LogP contribution is 2.40. The number of rotatable bonds is 2. The molecule has 25 heavy (non-hydrogen) atoms. The average molecular weight is 347 g/mol. The van der Waals surface area contributed by atoms with Gasteiger partial charge in [0.2, 0.25) is 0 Å². The highest BCUT2D eigenvalue weighted by Gasteiger charge is 2.39. The van der Waals surface area contributed by atoms with Crippen molar-refractivity contribution in [1.82, 2.24) is 4.90 Å². The quantitative estimate of drug-likeness (QED) is 0.773. The molecule has 2 aliphatic rings. The Morgan fingerprint density at radius 2 is 2.04 bits per heavy atom. The molecular formula is C20H26FNO3. The van der Waals surface area contributed by atoms with Gasteiger partial charge in [-0.3, -0.25) is 4.90 Å². The molecule has 4 nitrogen and oxygen atoms in total. The Bertz CT molecular complexity index is 693. The molecule has 0 aromatic heterocycles. The van der Waals surface area contributed by atoms with Crippen LogP contribution >= 0.6 is 0 Å². The SMILES string of the molecule is COc1c(F)cccc1C1=CC2CCCC(C1)N2C(=O)OC(C)(C)C. The molecule has 3 rings (SSSR count). The monoisotopic (exact) mass is 347 g/mol. The van der Waals surface area contributed by atoms with Gasteiger partial charge in [-0.1, -0.05) is 18.2 Å². The summed E-state index contributed by atoms with van der Waals surface area (Å²) in [7, 11) is 1.49. The van der Waals surface area contributed by atoms with Gasteiger partial charge in [-0.05, 0) is 58.1 Å². The molecule has 0 N–H and O–H groups in total. The molecule has 0 saturated carbocycles. The largest absolute Gasteiger partial charge is 0.493 e. The number of methoxy groups -OCH3 is 1. The zero-order valence-electron chi connectivity index (χ0n) is 15.3. The number of carbonyl (C=O) groups excluding carboxylic acids is 1. The topological polar surface area (TPSA) is 38.8 Å². The molecule has 2 bridgehead atoms. The predicted molar refractivity (Wildman–Crippen MR) is 95.0 cm³/mol. The third-order valence-electron chi connectivity index (χ3n) is 4.76. The van der Waals surface area contributed by atoms with Crippen LogP contribution in [0.4, 0.5) is 9.18 Å². The predicted octanol–water partition coefficient (Wildman–Crippen LogP) is 4.78. The summed E-state index contributed by atoms with van der Waals surface area (Å²) in [5, 5.41) is 0. The van der Waals surface area contributed by atoms with Crippen LogP contribution in [0.5, 0.6) is 5.75 Å². The molecule has 136 valence electrons. The van der Waals surface area contributed by atoms with Crippen LogP contribution in [0.1, 0.15) is 52.0 Å². The van der Waals surface area contributed by atoms with Gasteiger partial charge in [-0.2, -0.15) is 0 Å². The van der Waals surface area contributed by atoms with Gasteiger partial charge in [-0.25, -0.2) is 9.18 Å². The van der Waals surface area contributed by atoms with E-state index in [-0.39, 0.29) is 29.7 Å². The summed E-state index contributed by atoms with van der Waals surface area (Å²) in [6.07, 6.45) is 5.43. The normalized spacial score (nSPS) is 23.1. The number of piperidine rings is 1. The van der Waals surface area contributed by atoms with Crippen molar-refractivity contribution < 1.29 is 18.7 Å². The molecule has 2 atom stereocenters. The highest BCUT2D eigenvalue weighted by atomic mass is 19.1. The Kier molecular flexibility index (Phi) is 4.76. The smallest absolute Gasteiger partial charge is 0.411 e. The van der Waals surface area contributed by atoms with Crippen molar-refractivity contribution in [2.24, 2.45) is 0 Å². The van der Waals surface area contributed by atoms with E-state index in [9.17, 15) is 9.18 Å². The molecule has 2 unspecified atom stereocenters. The molecule has 1 fully saturated rings. The van der Waals surface area contributed by atoms with Gasteiger partial charge in [0, 0.05) is 11.6 Å². The maximum atomic E-state index is 14.0. The fourth-order valence-corrected chi connectivity index (χ4v) is 3.80. The van der Waals surface area contributed by atoms with Crippen molar-refractivity contribution in [2.45, 2.75) is 64.1 Å². The van der Waals surface area contributed by atoms with Crippen LogP contribution < -0.4 is 4.74 Å². The number of nitrogens with zero attached hydrogens (tertiary/aromatic N) is 1. The van der Waals surface area contributed by atoms with Crippen molar-refractivity contribution in [2.75, 3.05) is 7.11 Å². The molecule has 2 heterocycles. The molecule has 0 spiro atoms. The van der Waals surface area contributed by atoms with E-state index in [1.165, 1.54) is 13.2 Å². The molecule has 1 aromatic carbocycles. The van der Waals surface area contributed by atoms with Crippen LogP contribution in [0, 0.1) is 5.82 Å². The lowest BCUT2D eigenvalue weighted by molar-refractivity contribution is 0.0000779. The fourth-order valence-electron chi connectivity index (χ4n) is 3.80. The van der Waals surface area contributed by atoms with Crippen molar-refractivity contribution in [3.05, 3.63) is 35.7 Å². The lowest BCUT2D eigenvalue weighted by atomic mass is 9.83.